The monoisotopic (exact) mass is 279 g/mol. The fraction of sp³-hybridized carbons (Fsp3) is 0.938. The molecule has 0 radical (unpaired) electrons. The Hall–Kier alpha value is -0.610. The van der Waals surface area contributed by atoms with Gasteiger partial charge in [-0.05, 0) is 70.0 Å². The lowest BCUT2D eigenvalue weighted by molar-refractivity contribution is -0.121. The largest absolute Gasteiger partial charge is 0.356 e. The molecule has 3 fully saturated rings. The molecule has 0 aromatic carbocycles. The van der Waals surface area contributed by atoms with Gasteiger partial charge in [0.25, 0.3) is 0 Å². The molecule has 1 unspecified atom stereocenters. The third-order valence-electron chi connectivity index (χ3n) is 5.21. The molecule has 2 heterocycles. The first kappa shape index (κ1) is 14.3. The minimum Gasteiger partial charge on any atom is -0.356 e. The Morgan fingerprint density at radius 2 is 1.90 bits per heavy atom. The van der Waals surface area contributed by atoms with Crippen LogP contribution in [0, 0.1) is 11.8 Å². The van der Waals surface area contributed by atoms with Crippen molar-refractivity contribution in [3.8, 4) is 0 Å². The fourth-order valence-corrected chi connectivity index (χ4v) is 3.65. The summed E-state index contributed by atoms with van der Waals surface area (Å²) in [7, 11) is 0. The van der Waals surface area contributed by atoms with Crippen LogP contribution in [0.3, 0.4) is 0 Å². The van der Waals surface area contributed by atoms with Gasteiger partial charge in [-0.15, -0.1) is 0 Å². The summed E-state index contributed by atoms with van der Waals surface area (Å²) in [5.74, 6) is 1.73. The highest BCUT2D eigenvalue weighted by Gasteiger charge is 2.34. The molecular formula is C16H29N3O. The van der Waals surface area contributed by atoms with Crippen molar-refractivity contribution in [2.24, 2.45) is 11.8 Å². The van der Waals surface area contributed by atoms with Gasteiger partial charge in [-0.1, -0.05) is 0 Å². The van der Waals surface area contributed by atoms with E-state index in [1.54, 1.807) is 0 Å². The van der Waals surface area contributed by atoms with Gasteiger partial charge in [-0.3, -0.25) is 4.79 Å². The summed E-state index contributed by atoms with van der Waals surface area (Å²) in [6.07, 6.45) is 8.35. The molecule has 114 valence electrons. The van der Waals surface area contributed by atoms with Crippen LogP contribution in [0.4, 0.5) is 0 Å². The highest BCUT2D eigenvalue weighted by molar-refractivity contribution is 5.75. The summed E-state index contributed by atoms with van der Waals surface area (Å²) in [5.41, 5.74) is 0. The van der Waals surface area contributed by atoms with Crippen molar-refractivity contribution in [1.82, 2.24) is 15.5 Å². The molecule has 2 N–H and O–H groups in total. The zero-order valence-corrected chi connectivity index (χ0v) is 12.6. The van der Waals surface area contributed by atoms with E-state index in [4.69, 9.17) is 0 Å². The van der Waals surface area contributed by atoms with E-state index in [9.17, 15) is 4.79 Å². The Bertz CT molecular complexity index is 324. The van der Waals surface area contributed by atoms with E-state index in [2.05, 4.69) is 15.5 Å². The van der Waals surface area contributed by atoms with Gasteiger partial charge < -0.3 is 15.5 Å². The van der Waals surface area contributed by atoms with Crippen molar-refractivity contribution < 1.29 is 4.79 Å². The molecule has 0 aromatic rings. The maximum atomic E-state index is 11.9. The van der Waals surface area contributed by atoms with Gasteiger partial charge in [-0.25, -0.2) is 0 Å². The Morgan fingerprint density at radius 1 is 1.10 bits per heavy atom. The van der Waals surface area contributed by atoms with Gasteiger partial charge >= 0.3 is 0 Å². The van der Waals surface area contributed by atoms with E-state index in [1.807, 2.05) is 0 Å². The molecule has 3 aliphatic rings. The first-order valence-electron chi connectivity index (χ1n) is 8.52. The molecule has 4 heteroatoms. The number of carbonyl (C=O) groups is 1. The molecule has 1 aliphatic carbocycles. The number of piperidine rings is 1. The Balaban J connectivity index is 1.27. The number of carbonyl (C=O) groups excluding carboxylic acids is 1. The number of rotatable bonds is 6. The third-order valence-corrected chi connectivity index (χ3v) is 5.21. The Labute approximate surface area is 122 Å². The number of hydrogen-bond acceptors (Lipinski definition) is 3. The van der Waals surface area contributed by atoms with E-state index < -0.39 is 0 Å². The van der Waals surface area contributed by atoms with Crippen LogP contribution in [0.2, 0.25) is 0 Å². The van der Waals surface area contributed by atoms with Crippen molar-refractivity contribution in [2.45, 2.75) is 51.0 Å². The van der Waals surface area contributed by atoms with Gasteiger partial charge in [-0.2, -0.15) is 0 Å². The fourth-order valence-electron chi connectivity index (χ4n) is 3.65. The van der Waals surface area contributed by atoms with Crippen LogP contribution in [0.25, 0.3) is 0 Å². The second-order valence-electron chi connectivity index (χ2n) is 6.92. The first-order chi connectivity index (χ1) is 9.81. The van der Waals surface area contributed by atoms with Gasteiger partial charge in [0.2, 0.25) is 5.91 Å². The van der Waals surface area contributed by atoms with E-state index in [0.29, 0.717) is 5.92 Å². The molecule has 2 aliphatic heterocycles. The average molecular weight is 279 g/mol. The molecule has 1 amide bonds. The molecule has 0 bridgehead atoms. The van der Waals surface area contributed by atoms with Gasteiger partial charge in [0.1, 0.15) is 0 Å². The molecule has 0 aromatic heterocycles. The van der Waals surface area contributed by atoms with E-state index in [1.165, 1.54) is 45.2 Å². The summed E-state index contributed by atoms with van der Waals surface area (Å²) >= 11 is 0. The Morgan fingerprint density at radius 3 is 2.65 bits per heavy atom. The van der Waals surface area contributed by atoms with Crippen molar-refractivity contribution >= 4 is 5.91 Å². The summed E-state index contributed by atoms with van der Waals surface area (Å²) in [5, 5.41) is 6.54. The first-order valence-corrected chi connectivity index (χ1v) is 8.52. The molecule has 3 rings (SSSR count). The summed E-state index contributed by atoms with van der Waals surface area (Å²) in [6.45, 7) is 5.62. The molecule has 1 atom stereocenters. The van der Waals surface area contributed by atoms with Gasteiger partial charge in [0.05, 0.1) is 0 Å². The number of nitrogens with one attached hydrogen (secondary N) is 2. The number of nitrogens with zero attached hydrogens (tertiary/aromatic N) is 1. The lowest BCUT2D eigenvalue weighted by atomic mass is 9.93. The van der Waals surface area contributed by atoms with Crippen LogP contribution >= 0.6 is 0 Å². The molecule has 2 saturated heterocycles. The SMILES string of the molecule is O=C(CCC1CCNCC1)NCC1CCN(C2CC2)C1. The zero-order valence-electron chi connectivity index (χ0n) is 12.6. The summed E-state index contributed by atoms with van der Waals surface area (Å²) < 4.78 is 0. The number of hydrogen-bond donors (Lipinski definition) is 2. The summed E-state index contributed by atoms with van der Waals surface area (Å²) in [4.78, 5) is 14.5. The van der Waals surface area contributed by atoms with Crippen LogP contribution in [0.1, 0.15) is 44.9 Å². The minimum absolute atomic E-state index is 0.272. The van der Waals surface area contributed by atoms with Gasteiger partial charge in [0, 0.05) is 25.6 Å². The summed E-state index contributed by atoms with van der Waals surface area (Å²) in [6, 6.07) is 0.885. The highest BCUT2D eigenvalue weighted by Crippen LogP contribution is 2.31. The predicted octanol–water partition coefficient (Wildman–Crippen LogP) is 1.37. The maximum absolute atomic E-state index is 11.9. The van der Waals surface area contributed by atoms with Crippen LogP contribution in [-0.2, 0) is 4.79 Å². The smallest absolute Gasteiger partial charge is 0.220 e. The molecule has 0 spiro atoms. The standard InChI is InChI=1S/C16H29N3O/c20-16(4-1-13-5-8-17-9-6-13)18-11-14-7-10-19(12-14)15-2-3-15/h13-15,17H,1-12H2,(H,18,20). The third kappa shape index (κ3) is 4.19. The second-order valence-corrected chi connectivity index (χ2v) is 6.92. The predicted molar refractivity (Wildman–Crippen MR) is 80.5 cm³/mol. The topological polar surface area (TPSA) is 44.4 Å². The van der Waals surface area contributed by atoms with Crippen LogP contribution < -0.4 is 10.6 Å². The normalized spacial score (nSPS) is 28.7. The van der Waals surface area contributed by atoms with Crippen molar-refractivity contribution in [3.05, 3.63) is 0 Å². The molecule has 1 saturated carbocycles. The quantitative estimate of drug-likeness (QED) is 0.772. The van der Waals surface area contributed by atoms with Gasteiger partial charge in [0.15, 0.2) is 0 Å². The van der Waals surface area contributed by atoms with E-state index >= 15 is 0 Å². The lowest BCUT2D eigenvalue weighted by Gasteiger charge is -2.22. The van der Waals surface area contributed by atoms with Crippen LogP contribution in [0.15, 0.2) is 0 Å². The molecule has 4 nitrogen and oxygen atoms in total. The minimum atomic E-state index is 0.272. The lowest BCUT2D eigenvalue weighted by Crippen LogP contribution is -2.32. The van der Waals surface area contributed by atoms with Crippen LogP contribution in [0.5, 0.6) is 0 Å². The van der Waals surface area contributed by atoms with E-state index in [0.717, 1.165) is 44.4 Å². The highest BCUT2D eigenvalue weighted by atomic mass is 16.1. The van der Waals surface area contributed by atoms with Crippen molar-refractivity contribution in [3.63, 3.8) is 0 Å². The Kier molecular flexibility index (Phi) is 4.94. The van der Waals surface area contributed by atoms with E-state index in [-0.39, 0.29) is 5.91 Å². The molecule has 20 heavy (non-hydrogen) atoms. The number of amides is 1. The van der Waals surface area contributed by atoms with Crippen LogP contribution in [-0.4, -0.2) is 49.6 Å². The maximum Gasteiger partial charge on any atom is 0.220 e. The number of likely N-dealkylation sites (tertiary alicyclic amines) is 1. The second kappa shape index (κ2) is 6.90. The average Bonchev–Trinajstić information content (AvgIpc) is 3.23. The van der Waals surface area contributed by atoms with Crippen molar-refractivity contribution in [2.75, 3.05) is 32.7 Å². The molecular weight excluding hydrogens is 250 g/mol. The zero-order chi connectivity index (χ0) is 13.8. The van der Waals surface area contributed by atoms with Crippen molar-refractivity contribution in [1.29, 1.82) is 0 Å².